The van der Waals surface area contributed by atoms with Gasteiger partial charge in [0.25, 0.3) is 0 Å². The summed E-state index contributed by atoms with van der Waals surface area (Å²) >= 11 is 6.40. The molecule has 2 aromatic carbocycles. The number of nitrogens with zero attached hydrogens (tertiary/aromatic N) is 3. The molecular formula is C24H23ClFN3O5. The summed E-state index contributed by atoms with van der Waals surface area (Å²) in [5.74, 6) is -1.57. The molecule has 0 fully saturated rings. The molecule has 0 saturated heterocycles. The Hall–Kier alpha value is -3.33. The van der Waals surface area contributed by atoms with Gasteiger partial charge < -0.3 is 9.47 Å². The van der Waals surface area contributed by atoms with Crippen molar-refractivity contribution in [2.75, 3.05) is 0 Å². The summed E-state index contributed by atoms with van der Waals surface area (Å²) in [6, 6.07) is 7.88. The van der Waals surface area contributed by atoms with Crippen LogP contribution in [0.5, 0.6) is 5.75 Å². The molecule has 2 aliphatic heterocycles. The largest absolute Gasteiger partial charge is 0.481 e. The van der Waals surface area contributed by atoms with Crippen LogP contribution in [0.3, 0.4) is 0 Å². The molecule has 8 nitrogen and oxygen atoms in total. The third-order valence-electron chi connectivity index (χ3n) is 6.30. The Kier molecular flexibility index (Phi) is 5.20. The van der Waals surface area contributed by atoms with Gasteiger partial charge in [0.05, 0.1) is 16.1 Å². The van der Waals surface area contributed by atoms with E-state index in [1.165, 1.54) is 9.36 Å². The second kappa shape index (κ2) is 7.87. The second-order valence-electron chi connectivity index (χ2n) is 9.14. The highest BCUT2D eigenvalue weighted by molar-refractivity contribution is 6.31. The number of fused-ring (bicyclic) bond motifs is 2. The van der Waals surface area contributed by atoms with Crippen molar-refractivity contribution < 1.29 is 18.7 Å². The number of carbonyl (C=O) groups is 1. The molecule has 2 aliphatic rings. The minimum atomic E-state index is -1.14. The number of rotatable bonds is 3. The number of ether oxygens (including phenoxy) is 2. The van der Waals surface area contributed by atoms with Crippen molar-refractivity contribution in [2.45, 2.75) is 58.4 Å². The van der Waals surface area contributed by atoms with Gasteiger partial charge in [0.15, 0.2) is 17.7 Å². The van der Waals surface area contributed by atoms with Crippen LogP contribution in [0.1, 0.15) is 54.3 Å². The van der Waals surface area contributed by atoms with Gasteiger partial charge in [-0.15, -0.1) is 0 Å². The quantitative estimate of drug-likeness (QED) is 0.525. The minimum absolute atomic E-state index is 0.0272. The van der Waals surface area contributed by atoms with Gasteiger partial charge in [-0.2, -0.15) is 0 Å². The van der Waals surface area contributed by atoms with Gasteiger partial charge in [-0.1, -0.05) is 29.3 Å². The normalized spacial score (nSPS) is 18.2. The zero-order valence-corrected chi connectivity index (χ0v) is 19.7. The average molecular weight is 488 g/mol. The van der Waals surface area contributed by atoms with E-state index in [0.717, 1.165) is 29.0 Å². The van der Waals surface area contributed by atoms with Crippen molar-refractivity contribution in [1.82, 2.24) is 13.9 Å². The lowest BCUT2D eigenvalue weighted by atomic mass is 9.96. The summed E-state index contributed by atoms with van der Waals surface area (Å²) in [5, 5.41) is -0.0272. The van der Waals surface area contributed by atoms with E-state index >= 15 is 4.39 Å². The first kappa shape index (κ1) is 22.5. The van der Waals surface area contributed by atoms with E-state index in [2.05, 4.69) is 0 Å². The van der Waals surface area contributed by atoms with Gasteiger partial charge in [0.2, 0.25) is 0 Å². The SMILES string of the molecule is Cc1ccc(C(=O)O[C@@H]2c3c(Cl)cc(F)c(-n4c(=O)n5n(c4=O)CCCC5)c3OC2(C)C)cc1. The van der Waals surface area contributed by atoms with E-state index in [1.807, 2.05) is 6.92 Å². The van der Waals surface area contributed by atoms with Crippen LogP contribution in [0.25, 0.3) is 5.69 Å². The van der Waals surface area contributed by atoms with E-state index in [4.69, 9.17) is 21.1 Å². The zero-order chi connectivity index (χ0) is 24.4. The molecule has 0 aliphatic carbocycles. The maximum atomic E-state index is 15.3. The number of hydrogen-bond donors (Lipinski definition) is 0. The van der Waals surface area contributed by atoms with Crippen molar-refractivity contribution in [2.24, 2.45) is 0 Å². The first-order chi connectivity index (χ1) is 16.1. The molecule has 0 unspecified atom stereocenters. The first-order valence-corrected chi connectivity index (χ1v) is 11.4. The monoisotopic (exact) mass is 487 g/mol. The molecule has 0 N–H and O–H groups in total. The Bertz CT molecular complexity index is 1400. The second-order valence-corrected chi connectivity index (χ2v) is 9.55. The third-order valence-corrected chi connectivity index (χ3v) is 6.61. The van der Waals surface area contributed by atoms with E-state index < -0.39 is 34.9 Å². The first-order valence-electron chi connectivity index (χ1n) is 11.0. The summed E-state index contributed by atoms with van der Waals surface area (Å²) in [6.07, 6.45) is 0.481. The van der Waals surface area contributed by atoms with Crippen LogP contribution in [-0.2, 0) is 17.8 Å². The van der Waals surface area contributed by atoms with E-state index in [-0.39, 0.29) is 22.0 Å². The van der Waals surface area contributed by atoms with Gasteiger partial charge in [0, 0.05) is 13.1 Å². The van der Waals surface area contributed by atoms with E-state index in [9.17, 15) is 14.4 Å². The van der Waals surface area contributed by atoms with Gasteiger partial charge >= 0.3 is 17.3 Å². The summed E-state index contributed by atoms with van der Waals surface area (Å²) in [6.45, 7) is 5.96. The number of carbonyl (C=O) groups excluding carboxylic acids is 1. The van der Waals surface area contributed by atoms with Crippen molar-refractivity contribution in [3.8, 4) is 11.4 Å². The molecule has 5 rings (SSSR count). The average Bonchev–Trinajstić information content (AvgIpc) is 3.19. The number of benzene rings is 2. The zero-order valence-electron chi connectivity index (χ0n) is 18.9. The van der Waals surface area contributed by atoms with Crippen LogP contribution in [0.15, 0.2) is 39.9 Å². The lowest BCUT2D eigenvalue weighted by Crippen LogP contribution is -2.33. The minimum Gasteiger partial charge on any atom is -0.481 e. The fraction of sp³-hybridized carbons (Fsp3) is 0.375. The molecule has 0 spiro atoms. The predicted molar refractivity (Wildman–Crippen MR) is 123 cm³/mol. The topological polar surface area (TPSA) is 84.5 Å². The molecule has 0 amide bonds. The van der Waals surface area contributed by atoms with Crippen LogP contribution >= 0.6 is 11.6 Å². The van der Waals surface area contributed by atoms with Crippen molar-refractivity contribution in [1.29, 1.82) is 0 Å². The summed E-state index contributed by atoms with van der Waals surface area (Å²) in [4.78, 5) is 39.0. The summed E-state index contributed by atoms with van der Waals surface area (Å²) < 4.78 is 30.5. The Labute approximate surface area is 199 Å². The molecule has 0 radical (unpaired) electrons. The molecule has 10 heteroatoms. The fourth-order valence-electron chi connectivity index (χ4n) is 4.55. The highest BCUT2D eigenvalue weighted by Crippen LogP contribution is 2.51. The summed E-state index contributed by atoms with van der Waals surface area (Å²) in [7, 11) is 0. The lowest BCUT2D eigenvalue weighted by molar-refractivity contribution is -0.0301. The third kappa shape index (κ3) is 3.37. The Balaban J connectivity index is 1.65. The molecule has 34 heavy (non-hydrogen) atoms. The maximum absolute atomic E-state index is 15.3. The van der Waals surface area contributed by atoms with Crippen LogP contribution < -0.4 is 16.1 Å². The van der Waals surface area contributed by atoms with Gasteiger partial charge in [0.1, 0.15) is 11.3 Å². The Morgan fingerprint density at radius 1 is 1.12 bits per heavy atom. The molecule has 3 heterocycles. The van der Waals surface area contributed by atoms with Crippen LogP contribution in [0, 0.1) is 12.7 Å². The molecule has 1 aromatic heterocycles. The number of hydrogen-bond acceptors (Lipinski definition) is 5. The highest BCUT2D eigenvalue weighted by Gasteiger charge is 2.48. The van der Waals surface area contributed by atoms with Crippen molar-refractivity contribution >= 4 is 17.6 Å². The smallest absolute Gasteiger partial charge is 0.352 e. The van der Waals surface area contributed by atoms with Gasteiger partial charge in [-0.3, -0.25) is 0 Å². The molecule has 1 atom stereocenters. The highest BCUT2D eigenvalue weighted by atomic mass is 35.5. The molecule has 0 bridgehead atoms. The molecule has 0 saturated carbocycles. The maximum Gasteiger partial charge on any atom is 0.352 e. The predicted octanol–water partition coefficient (Wildman–Crippen LogP) is 3.76. The number of halogens is 2. The Morgan fingerprint density at radius 2 is 1.71 bits per heavy atom. The van der Waals surface area contributed by atoms with Crippen LogP contribution in [-0.4, -0.2) is 25.5 Å². The standard InChI is InChI=1S/C24H23ClFN3O5/c1-13-6-8-14(9-7-13)21(30)33-20-17-15(25)12-16(26)18(19(17)34-24(20,2)3)29-22(31)27-10-4-5-11-28(27)23(29)32/h6-9,12,20H,4-5,10-11H2,1-3H3/t20-/m1/s1. The van der Waals surface area contributed by atoms with Gasteiger partial charge in [-0.25, -0.2) is 32.7 Å². The van der Waals surface area contributed by atoms with Gasteiger partial charge in [-0.05, 0) is 51.8 Å². The number of esters is 1. The number of aromatic nitrogens is 3. The van der Waals surface area contributed by atoms with Crippen molar-refractivity contribution in [3.63, 3.8) is 0 Å². The lowest BCUT2D eigenvalue weighted by Gasteiger charge is -2.26. The van der Waals surface area contributed by atoms with E-state index in [0.29, 0.717) is 18.7 Å². The van der Waals surface area contributed by atoms with Crippen LogP contribution in [0.4, 0.5) is 4.39 Å². The summed E-state index contributed by atoms with van der Waals surface area (Å²) in [5.41, 5.74) is -1.25. The molecular weight excluding hydrogens is 465 g/mol. The molecule has 3 aromatic rings. The van der Waals surface area contributed by atoms with Crippen LogP contribution in [0.2, 0.25) is 5.02 Å². The Morgan fingerprint density at radius 3 is 2.29 bits per heavy atom. The van der Waals surface area contributed by atoms with E-state index in [1.54, 1.807) is 38.1 Å². The van der Waals surface area contributed by atoms with Crippen molar-refractivity contribution in [3.05, 3.63) is 78.8 Å². The number of aryl methyl sites for hydroxylation is 1. The fourth-order valence-corrected chi connectivity index (χ4v) is 4.83. The molecule has 178 valence electrons.